The van der Waals surface area contributed by atoms with E-state index in [9.17, 15) is 4.79 Å². The van der Waals surface area contributed by atoms with E-state index in [0.717, 1.165) is 18.4 Å². The number of ether oxygens (including phenoxy) is 1. The van der Waals surface area contributed by atoms with Gasteiger partial charge < -0.3 is 4.74 Å². The molecule has 15 heavy (non-hydrogen) atoms. The molecule has 0 saturated heterocycles. The summed E-state index contributed by atoms with van der Waals surface area (Å²) >= 11 is 0. The van der Waals surface area contributed by atoms with Crippen LogP contribution in [0.2, 0.25) is 0 Å². The van der Waals surface area contributed by atoms with Crippen molar-refractivity contribution < 1.29 is 9.53 Å². The Morgan fingerprint density at radius 1 is 1.40 bits per heavy atom. The monoisotopic (exact) mass is 201 g/mol. The Kier molecular flexibility index (Phi) is 2.42. The SMILES string of the molecule is [C-]#[N+]c1cc2c(cc1OC)CCCC2=O. The third-order valence-electron chi connectivity index (χ3n) is 2.68. The number of rotatable bonds is 1. The number of methoxy groups -OCH3 is 1. The van der Waals surface area contributed by atoms with Crippen LogP contribution in [0, 0.1) is 6.57 Å². The number of ketones is 1. The van der Waals surface area contributed by atoms with Crippen LogP contribution in [0.4, 0.5) is 5.69 Å². The van der Waals surface area contributed by atoms with E-state index in [-0.39, 0.29) is 5.78 Å². The van der Waals surface area contributed by atoms with E-state index in [4.69, 9.17) is 11.3 Å². The van der Waals surface area contributed by atoms with Gasteiger partial charge in [0.05, 0.1) is 13.7 Å². The van der Waals surface area contributed by atoms with Crippen LogP contribution >= 0.6 is 0 Å². The molecule has 0 fully saturated rings. The predicted molar refractivity (Wildman–Crippen MR) is 56.5 cm³/mol. The Balaban J connectivity index is 2.59. The van der Waals surface area contributed by atoms with Gasteiger partial charge in [-0.1, -0.05) is 0 Å². The van der Waals surface area contributed by atoms with Crippen LogP contribution in [0.1, 0.15) is 28.8 Å². The van der Waals surface area contributed by atoms with Crippen molar-refractivity contribution in [2.24, 2.45) is 0 Å². The Bertz CT molecular complexity index is 457. The third-order valence-corrected chi connectivity index (χ3v) is 2.68. The molecule has 0 aliphatic heterocycles. The fourth-order valence-electron chi connectivity index (χ4n) is 1.90. The van der Waals surface area contributed by atoms with Gasteiger partial charge in [-0.15, -0.1) is 0 Å². The molecule has 2 rings (SSSR count). The van der Waals surface area contributed by atoms with E-state index >= 15 is 0 Å². The fourth-order valence-corrected chi connectivity index (χ4v) is 1.90. The molecule has 0 amide bonds. The summed E-state index contributed by atoms with van der Waals surface area (Å²) in [4.78, 5) is 15.0. The summed E-state index contributed by atoms with van der Waals surface area (Å²) in [5, 5.41) is 0. The summed E-state index contributed by atoms with van der Waals surface area (Å²) in [7, 11) is 1.54. The third kappa shape index (κ3) is 1.59. The first-order chi connectivity index (χ1) is 7.26. The van der Waals surface area contributed by atoms with Crippen molar-refractivity contribution >= 4 is 11.5 Å². The first-order valence-corrected chi connectivity index (χ1v) is 4.88. The molecule has 76 valence electrons. The molecule has 0 unspecified atom stereocenters. The maximum Gasteiger partial charge on any atom is 0.228 e. The van der Waals surface area contributed by atoms with Gasteiger partial charge in [-0.3, -0.25) is 4.79 Å². The van der Waals surface area contributed by atoms with E-state index in [1.54, 1.807) is 13.2 Å². The highest BCUT2D eigenvalue weighted by molar-refractivity contribution is 5.99. The summed E-state index contributed by atoms with van der Waals surface area (Å²) in [5.41, 5.74) is 2.13. The maximum absolute atomic E-state index is 11.6. The van der Waals surface area contributed by atoms with E-state index in [1.807, 2.05) is 6.07 Å². The maximum atomic E-state index is 11.6. The highest BCUT2D eigenvalue weighted by Crippen LogP contribution is 2.34. The van der Waals surface area contributed by atoms with Crippen molar-refractivity contribution in [1.29, 1.82) is 0 Å². The molecule has 1 aliphatic carbocycles. The zero-order valence-electron chi connectivity index (χ0n) is 8.54. The quantitative estimate of drug-likeness (QED) is 0.654. The molecule has 3 nitrogen and oxygen atoms in total. The largest absolute Gasteiger partial charge is 0.508 e. The minimum Gasteiger partial charge on any atom is -0.508 e. The summed E-state index contributed by atoms with van der Waals surface area (Å²) in [6.45, 7) is 7.00. The normalized spacial score (nSPS) is 14.3. The summed E-state index contributed by atoms with van der Waals surface area (Å²) < 4.78 is 5.11. The molecule has 0 saturated carbocycles. The molecule has 3 heteroatoms. The first-order valence-electron chi connectivity index (χ1n) is 4.88. The molecule has 0 N–H and O–H groups in total. The number of benzene rings is 1. The fraction of sp³-hybridized carbons (Fsp3) is 0.333. The van der Waals surface area contributed by atoms with Crippen LogP contribution in [0.15, 0.2) is 12.1 Å². The Labute approximate surface area is 88.5 Å². The molecule has 1 aromatic carbocycles. The average Bonchev–Trinajstić information content (AvgIpc) is 2.28. The second-order valence-corrected chi connectivity index (χ2v) is 3.57. The van der Waals surface area contributed by atoms with Crippen LogP contribution in [-0.2, 0) is 6.42 Å². The molecule has 1 aliphatic rings. The van der Waals surface area contributed by atoms with Crippen molar-refractivity contribution in [3.05, 3.63) is 34.7 Å². The smallest absolute Gasteiger partial charge is 0.228 e. The van der Waals surface area contributed by atoms with Gasteiger partial charge in [-0.25, -0.2) is 4.85 Å². The highest BCUT2D eigenvalue weighted by atomic mass is 16.5. The molecule has 0 atom stereocenters. The van der Waals surface area contributed by atoms with Crippen LogP contribution in [0.5, 0.6) is 5.75 Å². The number of fused-ring (bicyclic) bond motifs is 1. The minimum absolute atomic E-state index is 0.142. The van der Waals surface area contributed by atoms with Gasteiger partial charge in [0.2, 0.25) is 5.69 Å². The van der Waals surface area contributed by atoms with Crippen LogP contribution in [-0.4, -0.2) is 12.9 Å². The molecular weight excluding hydrogens is 190 g/mol. The van der Waals surface area contributed by atoms with Crippen molar-refractivity contribution in [3.63, 3.8) is 0 Å². The van der Waals surface area contributed by atoms with Gasteiger partial charge in [0.25, 0.3) is 0 Å². The van der Waals surface area contributed by atoms with Gasteiger partial charge in [0.1, 0.15) is 5.75 Å². The highest BCUT2D eigenvalue weighted by Gasteiger charge is 2.19. The number of carbonyl (C=O) groups excluding carboxylic acids is 1. The van der Waals surface area contributed by atoms with Crippen molar-refractivity contribution in [1.82, 2.24) is 0 Å². The summed E-state index contributed by atoms with van der Waals surface area (Å²) in [6.07, 6.45) is 2.39. The number of Topliss-reactive ketones (excluding diaryl/α,β-unsaturated/α-hetero) is 1. The standard InChI is InChI=1S/C12H11NO2/c1-13-10-7-9-8(6-12(10)15-2)4-3-5-11(9)14/h6-7H,3-5H2,2H3. The molecule has 1 aromatic rings. The van der Waals surface area contributed by atoms with Gasteiger partial charge in [-0.2, -0.15) is 0 Å². The Hall–Kier alpha value is -1.82. The second kappa shape index (κ2) is 3.74. The number of carbonyl (C=O) groups is 1. The summed E-state index contributed by atoms with van der Waals surface area (Å²) in [5.74, 6) is 0.710. The molecule has 0 heterocycles. The van der Waals surface area contributed by atoms with E-state index < -0.39 is 0 Å². The first kappa shape index (κ1) is 9.72. The zero-order valence-corrected chi connectivity index (χ0v) is 8.54. The summed E-state index contributed by atoms with van der Waals surface area (Å²) in [6, 6.07) is 3.47. The number of aryl methyl sites for hydroxylation is 1. The lowest BCUT2D eigenvalue weighted by molar-refractivity contribution is 0.0972. The lowest BCUT2D eigenvalue weighted by atomic mass is 9.90. The van der Waals surface area contributed by atoms with Gasteiger partial charge in [0, 0.05) is 12.0 Å². The van der Waals surface area contributed by atoms with Gasteiger partial charge >= 0.3 is 0 Å². The van der Waals surface area contributed by atoms with Gasteiger partial charge in [0.15, 0.2) is 5.78 Å². The van der Waals surface area contributed by atoms with E-state index in [0.29, 0.717) is 23.4 Å². The molecule has 0 aromatic heterocycles. The van der Waals surface area contributed by atoms with Crippen LogP contribution in [0.25, 0.3) is 4.85 Å². The van der Waals surface area contributed by atoms with Crippen molar-refractivity contribution in [2.75, 3.05) is 7.11 Å². The number of hydrogen-bond acceptors (Lipinski definition) is 2. The van der Waals surface area contributed by atoms with Crippen molar-refractivity contribution in [2.45, 2.75) is 19.3 Å². The Morgan fingerprint density at radius 2 is 2.20 bits per heavy atom. The minimum atomic E-state index is 0.142. The van der Waals surface area contributed by atoms with Crippen molar-refractivity contribution in [3.8, 4) is 5.75 Å². The predicted octanol–water partition coefficient (Wildman–Crippen LogP) is 2.76. The van der Waals surface area contributed by atoms with Crippen LogP contribution in [0.3, 0.4) is 0 Å². The molecule has 0 radical (unpaired) electrons. The van der Waals surface area contributed by atoms with Crippen LogP contribution < -0.4 is 4.74 Å². The average molecular weight is 201 g/mol. The number of hydrogen-bond donors (Lipinski definition) is 0. The lowest BCUT2D eigenvalue weighted by Crippen LogP contribution is -2.10. The topological polar surface area (TPSA) is 30.7 Å². The zero-order chi connectivity index (χ0) is 10.8. The second-order valence-electron chi connectivity index (χ2n) is 3.57. The molecular formula is C12H11NO2. The number of nitrogens with zero attached hydrogens (tertiary/aromatic N) is 1. The van der Waals surface area contributed by atoms with E-state index in [1.165, 1.54) is 0 Å². The lowest BCUT2D eigenvalue weighted by Gasteiger charge is -2.16. The molecule has 0 bridgehead atoms. The van der Waals surface area contributed by atoms with E-state index in [2.05, 4.69) is 4.85 Å². The van der Waals surface area contributed by atoms with Gasteiger partial charge in [-0.05, 0) is 30.5 Å². The Morgan fingerprint density at radius 3 is 2.87 bits per heavy atom. The molecule has 0 spiro atoms.